The first-order valence-electron chi connectivity index (χ1n) is 7.64. The third-order valence-corrected chi connectivity index (χ3v) is 5.06. The summed E-state index contributed by atoms with van der Waals surface area (Å²) >= 11 is 0. The number of fused-ring (bicyclic) bond motifs is 2. The normalized spacial score (nSPS) is 28.5. The molecule has 0 spiro atoms. The molecular weight excluding hydrogens is 266 g/mol. The van der Waals surface area contributed by atoms with E-state index in [1.54, 1.807) is 18.2 Å². The minimum atomic E-state index is -0.244. The van der Waals surface area contributed by atoms with E-state index in [0.29, 0.717) is 24.5 Å². The second-order valence-electron chi connectivity index (χ2n) is 6.34. The Labute approximate surface area is 125 Å². The number of piperidine rings is 1. The summed E-state index contributed by atoms with van der Waals surface area (Å²) in [7, 11) is 2.21. The first-order valence-corrected chi connectivity index (χ1v) is 7.64. The van der Waals surface area contributed by atoms with E-state index in [9.17, 15) is 9.90 Å². The highest BCUT2D eigenvalue weighted by molar-refractivity contribution is 5.98. The molecule has 2 heterocycles. The van der Waals surface area contributed by atoms with Crippen LogP contribution in [0, 0.1) is 5.92 Å². The number of carbonyl (C=O) groups excluding carboxylic acids is 1. The molecule has 2 unspecified atom stereocenters. The zero-order valence-electron chi connectivity index (χ0n) is 12.4. The zero-order valence-corrected chi connectivity index (χ0v) is 12.4. The Morgan fingerprint density at radius 3 is 2.71 bits per heavy atom. The second-order valence-corrected chi connectivity index (χ2v) is 6.34. The van der Waals surface area contributed by atoms with Crippen LogP contribution in [0.1, 0.15) is 36.0 Å². The third-order valence-electron chi connectivity index (χ3n) is 5.06. The number of benzene rings is 1. The largest absolute Gasteiger partial charge is 0.505 e. The molecule has 2 aliphatic rings. The standard InChI is InChI=1S/C16H23N3O2/c1-19-11-5-6-12(19)8-10(7-11)9-18-16(21)13-3-2-4-14(17)15(13)20/h2-4,10-12,20H,5-9,17H2,1H3,(H,18,21). The van der Waals surface area contributed by atoms with E-state index >= 15 is 0 Å². The van der Waals surface area contributed by atoms with Crippen LogP contribution >= 0.6 is 0 Å². The molecule has 0 aliphatic carbocycles. The summed E-state index contributed by atoms with van der Waals surface area (Å²) in [6, 6.07) is 6.21. The molecule has 5 heteroatoms. The number of hydrogen-bond acceptors (Lipinski definition) is 4. The summed E-state index contributed by atoms with van der Waals surface area (Å²) < 4.78 is 0. The summed E-state index contributed by atoms with van der Waals surface area (Å²) in [4.78, 5) is 14.7. The van der Waals surface area contributed by atoms with Crippen LogP contribution in [0.2, 0.25) is 0 Å². The van der Waals surface area contributed by atoms with Gasteiger partial charge >= 0.3 is 0 Å². The number of hydrogen-bond donors (Lipinski definition) is 3. The number of nitrogens with zero attached hydrogens (tertiary/aromatic N) is 1. The monoisotopic (exact) mass is 289 g/mol. The van der Waals surface area contributed by atoms with Gasteiger partial charge in [-0.1, -0.05) is 6.07 Å². The topological polar surface area (TPSA) is 78.6 Å². The molecule has 2 fully saturated rings. The average Bonchev–Trinajstić information content (AvgIpc) is 2.70. The maximum Gasteiger partial charge on any atom is 0.255 e. The first kappa shape index (κ1) is 14.2. The Morgan fingerprint density at radius 2 is 2.05 bits per heavy atom. The summed E-state index contributed by atoms with van der Waals surface area (Å²) in [5.74, 6) is 0.162. The fraction of sp³-hybridized carbons (Fsp3) is 0.562. The fourth-order valence-corrected chi connectivity index (χ4v) is 3.77. The molecule has 21 heavy (non-hydrogen) atoms. The van der Waals surface area contributed by atoms with Gasteiger partial charge in [-0.3, -0.25) is 4.79 Å². The van der Waals surface area contributed by atoms with Gasteiger partial charge in [0.15, 0.2) is 5.75 Å². The zero-order chi connectivity index (χ0) is 15.0. The van der Waals surface area contributed by atoms with Gasteiger partial charge in [-0.25, -0.2) is 0 Å². The molecule has 0 aromatic heterocycles. The molecule has 1 aromatic carbocycles. The Bertz CT molecular complexity index is 532. The Morgan fingerprint density at radius 1 is 1.38 bits per heavy atom. The maximum absolute atomic E-state index is 12.2. The third kappa shape index (κ3) is 2.70. The van der Waals surface area contributed by atoms with Crippen molar-refractivity contribution >= 4 is 11.6 Å². The van der Waals surface area contributed by atoms with E-state index in [2.05, 4.69) is 17.3 Å². The summed E-state index contributed by atoms with van der Waals surface area (Å²) in [5.41, 5.74) is 6.11. The molecule has 114 valence electrons. The van der Waals surface area contributed by atoms with Crippen LogP contribution in [-0.2, 0) is 0 Å². The quantitative estimate of drug-likeness (QED) is 0.583. The number of phenolic OH excluding ortho intramolecular Hbond substituents is 1. The number of carbonyl (C=O) groups is 1. The molecule has 0 radical (unpaired) electrons. The van der Waals surface area contributed by atoms with Crippen LogP contribution in [0.5, 0.6) is 5.75 Å². The molecule has 5 nitrogen and oxygen atoms in total. The van der Waals surface area contributed by atoms with E-state index in [-0.39, 0.29) is 22.9 Å². The van der Waals surface area contributed by atoms with Crippen LogP contribution < -0.4 is 11.1 Å². The van der Waals surface area contributed by atoms with Gasteiger partial charge in [0.1, 0.15) is 0 Å². The van der Waals surface area contributed by atoms with Crippen LogP contribution in [0.3, 0.4) is 0 Å². The van der Waals surface area contributed by atoms with Gasteiger partial charge in [0.05, 0.1) is 11.3 Å². The van der Waals surface area contributed by atoms with Crippen molar-refractivity contribution in [2.75, 3.05) is 19.3 Å². The average molecular weight is 289 g/mol. The highest BCUT2D eigenvalue weighted by atomic mass is 16.3. The number of phenols is 1. The Kier molecular flexibility index (Phi) is 3.76. The van der Waals surface area contributed by atoms with Crippen molar-refractivity contribution in [3.63, 3.8) is 0 Å². The summed E-state index contributed by atoms with van der Waals surface area (Å²) in [5, 5.41) is 12.8. The van der Waals surface area contributed by atoms with Crippen LogP contribution in [0.4, 0.5) is 5.69 Å². The number of nitrogen functional groups attached to an aromatic ring is 1. The molecule has 1 amide bonds. The van der Waals surface area contributed by atoms with Gasteiger partial charge in [-0.2, -0.15) is 0 Å². The molecule has 2 aliphatic heterocycles. The van der Waals surface area contributed by atoms with Gasteiger partial charge in [-0.05, 0) is 50.8 Å². The molecule has 3 rings (SSSR count). The van der Waals surface area contributed by atoms with Gasteiger partial charge in [0.2, 0.25) is 0 Å². The van der Waals surface area contributed by atoms with Crippen molar-refractivity contribution in [3.8, 4) is 5.75 Å². The van der Waals surface area contributed by atoms with Crippen molar-refractivity contribution in [2.45, 2.75) is 37.8 Å². The lowest BCUT2D eigenvalue weighted by molar-refractivity contribution is 0.0915. The summed E-state index contributed by atoms with van der Waals surface area (Å²) in [6.45, 7) is 0.675. The molecule has 4 N–H and O–H groups in total. The second kappa shape index (κ2) is 5.56. The van der Waals surface area contributed by atoms with Crippen molar-refractivity contribution in [1.29, 1.82) is 0 Å². The van der Waals surface area contributed by atoms with Crippen molar-refractivity contribution in [3.05, 3.63) is 23.8 Å². The lowest BCUT2D eigenvalue weighted by Crippen LogP contribution is -2.43. The molecular formula is C16H23N3O2. The van der Waals surface area contributed by atoms with E-state index in [1.165, 1.54) is 12.8 Å². The smallest absolute Gasteiger partial charge is 0.255 e. The van der Waals surface area contributed by atoms with Crippen LogP contribution in [0.15, 0.2) is 18.2 Å². The highest BCUT2D eigenvalue weighted by Gasteiger charge is 2.38. The number of aromatic hydroxyl groups is 1. The lowest BCUT2D eigenvalue weighted by atomic mass is 9.91. The van der Waals surface area contributed by atoms with Gasteiger partial charge in [0, 0.05) is 18.6 Å². The summed E-state index contributed by atoms with van der Waals surface area (Å²) in [6.07, 6.45) is 4.86. The molecule has 2 saturated heterocycles. The number of para-hydroxylation sites is 1. The van der Waals surface area contributed by atoms with E-state index in [4.69, 9.17) is 5.73 Å². The highest BCUT2D eigenvalue weighted by Crippen LogP contribution is 2.37. The lowest BCUT2D eigenvalue weighted by Gasteiger charge is -2.36. The van der Waals surface area contributed by atoms with Crippen molar-refractivity contribution < 1.29 is 9.90 Å². The number of anilines is 1. The SMILES string of the molecule is CN1C2CCC1CC(CNC(=O)c1cccc(N)c1O)C2. The first-order chi connectivity index (χ1) is 10.1. The van der Waals surface area contributed by atoms with E-state index in [0.717, 1.165) is 12.8 Å². The molecule has 2 bridgehead atoms. The number of rotatable bonds is 3. The Balaban J connectivity index is 1.58. The predicted octanol–water partition coefficient (Wildman–Crippen LogP) is 1.58. The molecule has 2 atom stereocenters. The Hall–Kier alpha value is -1.75. The van der Waals surface area contributed by atoms with E-state index in [1.807, 2.05) is 0 Å². The van der Waals surface area contributed by atoms with Crippen molar-refractivity contribution in [2.24, 2.45) is 5.92 Å². The molecule has 0 saturated carbocycles. The van der Waals surface area contributed by atoms with Crippen LogP contribution in [-0.4, -0.2) is 41.6 Å². The fourth-order valence-electron chi connectivity index (χ4n) is 3.77. The minimum absolute atomic E-state index is 0.126. The maximum atomic E-state index is 12.2. The number of nitrogens with two attached hydrogens (primary N) is 1. The van der Waals surface area contributed by atoms with Gasteiger partial charge in [0.25, 0.3) is 5.91 Å². The van der Waals surface area contributed by atoms with E-state index < -0.39 is 0 Å². The molecule has 1 aromatic rings. The number of nitrogens with one attached hydrogen (secondary N) is 1. The van der Waals surface area contributed by atoms with Crippen LogP contribution in [0.25, 0.3) is 0 Å². The van der Waals surface area contributed by atoms with Crippen molar-refractivity contribution in [1.82, 2.24) is 10.2 Å². The minimum Gasteiger partial charge on any atom is -0.505 e. The van der Waals surface area contributed by atoms with Gasteiger partial charge < -0.3 is 21.1 Å². The van der Waals surface area contributed by atoms with Gasteiger partial charge in [-0.15, -0.1) is 0 Å². The number of amides is 1. The predicted molar refractivity (Wildman–Crippen MR) is 82.1 cm³/mol.